The highest BCUT2D eigenvalue weighted by Crippen LogP contribution is 2.16. The Labute approximate surface area is 107 Å². The summed E-state index contributed by atoms with van der Waals surface area (Å²) < 4.78 is 5.26. The maximum atomic E-state index is 11.8. The van der Waals surface area contributed by atoms with Gasteiger partial charge in [-0.1, -0.05) is 29.8 Å². The van der Waals surface area contributed by atoms with E-state index in [2.05, 4.69) is 0 Å². The molecule has 0 spiro atoms. The van der Waals surface area contributed by atoms with E-state index in [0.29, 0.717) is 32.7 Å². The van der Waals surface area contributed by atoms with Crippen molar-refractivity contribution in [1.29, 1.82) is 0 Å². The van der Waals surface area contributed by atoms with Crippen LogP contribution in [0.5, 0.6) is 0 Å². The second-order valence-corrected chi connectivity index (χ2v) is 4.63. The molecule has 0 aromatic heterocycles. The van der Waals surface area contributed by atoms with Crippen molar-refractivity contribution in [1.82, 2.24) is 4.90 Å². The fourth-order valence-corrected chi connectivity index (χ4v) is 2.10. The Kier molecular flexibility index (Phi) is 4.33. The van der Waals surface area contributed by atoms with E-state index in [4.69, 9.17) is 4.74 Å². The molecule has 1 heterocycles. The van der Waals surface area contributed by atoms with Crippen LogP contribution in [0.4, 0.5) is 0 Å². The number of hydrogen-bond donors (Lipinski definition) is 1. The number of carbonyl (C=O) groups is 1. The first-order chi connectivity index (χ1) is 8.66. The quantitative estimate of drug-likeness (QED) is 0.878. The lowest BCUT2D eigenvalue weighted by Crippen LogP contribution is -2.35. The van der Waals surface area contributed by atoms with Crippen LogP contribution in [0.25, 0.3) is 0 Å². The Balaban J connectivity index is 2.01. The Morgan fingerprint density at radius 3 is 3.06 bits per heavy atom. The smallest absolute Gasteiger partial charge is 0.225 e. The molecule has 0 aliphatic carbocycles. The fourth-order valence-electron chi connectivity index (χ4n) is 2.10. The first kappa shape index (κ1) is 13.1. The lowest BCUT2D eigenvalue weighted by molar-refractivity contribution is -0.131. The predicted molar refractivity (Wildman–Crippen MR) is 68.2 cm³/mol. The van der Waals surface area contributed by atoms with E-state index < -0.39 is 6.10 Å². The van der Waals surface area contributed by atoms with Crippen LogP contribution in [0.1, 0.15) is 23.7 Å². The number of ether oxygens (including phenoxy) is 1. The van der Waals surface area contributed by atoms with Gasteiger partial charge in [0.05, 0.1) is 32.3 Å². The summed E-state index contributed by atoms with van der Waals surface area (Å²) in [5.74, 6) is 0.0548. The predicted octanol–water partition coefficient (Wildman–Crippen LogP) is 1.28. The molecular formula is C14H19NO3. The van der Waals surface area contributed by atoms with Gasteiger partial charge in [0.1, 0.15) is 0 Å². The van der Waals surface area contributed by atoms with Crippen LogP contribution in [0.2, 0.25) is 0 Å². The molecule has 2 rings (SSSR count). The van der Waals surface area contributed by atoms with Gasteiger partial charge in [0.15, 0.2) is 0 Å². The van der Waals surface area contributed by atoms with Crippen LogP contribution in [0, 0.1) is 6.92 Å². The third kappa shape index (κ3) is 3.31. The van der Waals surface area contributed by atoms with Crippen molar-refractivity contribution in [2.24, 2.45) is 0 Å². The van der Waals surface area contributed by atoms with Gasteiger partial charge in [-0.3, -0.25) is 4.79 Å². The largest absolute Gasteiger partial charge is 0.387 e. The van der Waals surface area contributed by atoms with Gasteiger partial charge in [0, 0.05) is 6.54 Å². The topological polar surface area (TPSA) is 49.8 Å². The molecule has 4 nitrogen and oxygen atoms in total. The van der Waals surface area contributed by atoms with Crippen LogP contribution in [-0.2, 0) is 9.53 Å². The van der Waals surface area contributed by atoms with Gasteiger partial charge in [0.25, 0.3) is 0 Å². The summed E-state index contributed by atoms with van der Waals surface area (Å²) in [5, 5.41) is 10.2. The molecule has 1 unspecified atom stereocenters. The zero-order valence-electron chi connectivity index (χ0n) is 10.6. The molecule has 1 aromatic rings. The number of nitrogens with zero attached hydrogens (tertiary/aromatic N) is 1. The van der Waals surface area contributed by atoms with Gasteiger partial charge < -0.3 is 14.7 Å². The average Bonchev–Trinajstić information content (AvgIpc) is 2.55. The summed E-state index contributed by atoms with van der Waals surface area (Å²) in [7, 11) is 0. The van der Waals surface area contributed by atoms with Gasteiger partial charge >= 0.3 is 0 Å². The van der Waals surface area contributed by atoms with Crippen molar-refractivity contribution in [3.8, 4) is 0 Å². The molecule has 1 atom stereocenters. The van der Waals surface area contributed by atoms with E-state index in [1.807, 2.05) is 31.2 Å². The van der Waals surface area contributed by atoms with Gasteiger partial charge in [-0.05, 0) is 12.5 Å². The van der Waals surface area contributed by atoms with E-state index in [0.717, 1.165) is 11.1 Å². The Morgan fingerprint density at radius 2 is 2.28 bits per heavy atom. The number of aliphatic hydroxyl groups is 1. The van der Waals surface area contributed by atoms with Gasteiger partial charge in [-0.2, -0.15) is 0 Å². The highest BCUT2D eigenvalue weighted by atomic mass is 16.5. The number of carbonyl (C=O) groups excluding carboxylic acids is 1. The summed E-state index contributed by atoms with van der Waals surface area (Å²) in [5.41, 5.74) is 1.96. The number of hydrogen-bond acceptors (Lipinski definition) is 3. The first-order valence-electron chi connectivity index (χ1n) is 6.27. The third-order valence-corrected chi connectivity index (χ3v) is 3.14. The first-order valence-corrected chi connectivity index (χ1v) is 6.27. The van der Waals surface area contributed by atoms with Crippen LogP contribution >= 0.6 is 0 Å². The summed E-state index contributed by atoms with van der Waals surface area (Å²) >= 11 is 0. The lowest BCUT2D eigenvalue weighted by atomic mass is 10.1. The number of β-amino-alcohol motifs (C(OH)–C–C–N with tert-alkyl or cyclic N) is 1. The SMILES string of the molecule is Cc1cccc(C(O)CN2CCOCCC2=O)c1. The number of amides is 1. The molecule has 1 fully saturated rings. The zero-order chi connectivity index (χ0) is 13.0. The Morgan fingerprint density at radius 1 is 1.44 bits per heavy atom. The minimum absolute atomic E-state index is 0.0548. The fraction of sp³-hybridized carbons (Fsp3) is 0.500. The summed E-state index contributed by atoms with van der Waals surface area (Å²) in [6, 6.07) is 7.74. The molecule has 1 aliphatic rings. The van der Waals surface area contributed by atoms with E-state index in [9.17, 15) is 9.90 Å². The monoisotopic (exact) mass is 249 g/mol. The van der Waals surface area contributed by atoms with E-state index in [-0.39, 0.29) is 5.91 Å². The van der Waals surface area contributed by atoms with Crippen molar-refractivity contribution < 1.29 is 14.6 Å². The zero-order valence-corrected chi connectivity index (χ0v) is 10.6. The maximum Gasteiger partial charge on any atom is 0.225 e. The number of aryl methyl sites for hydroxylation is 1. The number of aliphatic hydroxyl groups excluding tert-OH is 1. The van der Waals surface area contributed by atoms with Crippen molar-refractivity contribution in [2.45, 2.75) is 19.4 Å². The molecule has 18 heavy (non-hydrogen) atoms. The molecule has 1 saturated heterocycles. The van der Waals surface area contributed by atoms with E-state index in [1.54, 1.807) is 4.90 Å². The molecule has 0 radical (unpaired) electrons. The molecule has 1 amide bonds. The number of rotatable bonds is 3. The standard InChI is InChI=1S/C14H19NO3/c1-11-3-2-4-12(9-11)13(16)10-15-6-8-18-7-5-14(15)17/h2-4,9,13,16H,5-8,10H2,1H3. The highest BCUT2D eigenvalue weighted by molar-refractivity contribution is 5.76. The minimum atomic E-state index is -0.632. The molecule has 1 aromatic carbocycles. The van der Waals surface area contributed by atoms with Crippen LogP contribution in [-0.4, -0.2) is 42.2 Å². The molecular weight excluding hydrogens is 230 g/mol. The number of benzene rings is 1. The second kappa shape index (κ2) is 5.98. The minimum Gasteiger partial charge on any atom is -0.387 e. The lowest BCUT2D eigenvalue weighted by Gasteiger charge is -2.23. The summed E-state index contributed by atoms with van der Waals surface area (Å²) in [6.45, 7) is 3.91. The third-order valence-electron chi connectivity index (χ3n) is 3.14. The molecule has 1 N–H and O–H groups in total. The van der Waals surface area contributed by atoms with Crippen LogP contribution in [0.15, 0.2) is 24.3 Å². The Bertz CT molecular complexity index is 419. The molecule has 98 valence electrons. The van der Waals surface area contributed by atoms with Gasteiger partial charge in [-0.25, -0.2) is 0 Å². The van der Waals surface area contributed by atoms with Gasteiger partial charge in [0.2, 0.25) is 5.91 Å². The van der Waals surface area contributed by atoms with Gasteiger partial charge in [-0.15, -0.1) is 0 Å². The van der Waals surface area contributed by atoms with E-state index in [1.165, 1.54) is 0 Å². The van der Waals surface area contributed by atoms with Crippen molar-refractivity contribution >= 4 is 5.91 Å². The highest BCUT2D eigenvalue weighted by Gasteiger charge is 2.20. The Hall–Kier alpha value is -1.39. The molecule has 0 saturated carbocycles. The maximum absolute atomic E-state index is 11.8. The molecule has 1 aliphatic heterocycles. The van der Waals surface area contributed by atoms with Crippen LogP contribution in [0.3, 0.4) is 0 Å². The average molecular weight is 249 g/mol. The van der Waals surface area contributed by atoms with Crippen molar-refractivity contribution in [2.75, 3.05) is 26.3 Å². The van der Waals surface area contributed by atoms with E-state index >= 15 is 0 Å². The molecule has 4 heteroatoms. The van der Waals surface area contributed by atoms with Crippen LogP contribution < -0.4 is 0 Å². The van der Waals surface area contributed by atoms with Crippen molar-refractivity contribution in [3.63, 3.8) is 0 Å². The summed E-state index contributed by atoms with van der Waals surface area (Å²) in [4.78, 5) is 13.5. The normalized spacial score (nSPS) is 18.6. The second-order valence-electron chi connectivity index (χ2n) is 4.63. The van der Waals surface area contributed by atoms with Crippen molar-refractivity contribution in [3.05, 3.63) is 35.4 Å². The summed E-state index contributed by atoms with van der Waals surface area (Å²) in [6.07, 6.45) is -0.229. The molecule has 0 bridgehead atoms.